The average Bonchev–Trinajstić information content (AvgIpc) is 3.37. The van der Waals surface area contributed by atoms with Crippen molar-refractivity contribution in [3.8, 4) is 11.5 Å². The van der Waals surface area contributed by atoms with Crippen LogP contribution in [-0.4, -0.2) is 35.5 Å². The summed E-state index contributed by atoms with van der Waals surface area (Å²) >= 11 is 7.74. The Morgan fingerprint density at radius 1 is 0.935 bits per heavy atom. The number of carbonyl (C=O) groups excluding carboxylic acids is 3. The molecule has 0 atom stereocenters. The van der Waals surface area contributed by atoms with Gasteiger partial charge in [-0.25, -0.2) is 10.2 Å². The van der Waals surface area contributed by atoms with Crippen LogP contribution in [0, 0.1) is 17.0 Å². The van der Waals surface area contributed by atoms with Crippen molar-refractivity contribution < 1.29 is 28.8 Å². The molecule has 1 aromatic heterocycles. The molecule has 2 N–H and O–H groups in total. The highest BCUT2D eigenvalue weighted by atomic mass is 35.5. The van der Waals surface area contributed by atoms with E-state index in [1.165, 1.54) is 53.9 Å². The Hall–Kier alpha value is -5.59. The highest BCUT2D eigenvalue weighted by molar-refractivity contribution is 7.21. The highest BCUT2D eigenvalue weighted by Gasteiger charge is 2.21. The normalized spacial score (nSPS) is 10.9. The average molecular weight is 657 g/mol. The standard InChI is InChI=1S/C33H25ClN4O7S/c1-3-44-27-17-20(5-15-26(27)45-33(41)30-29(34)25-14-4-19(2)16-28(25)46-30)18-35-37-32(40)22-6-10-23(11-7-22)36-31(39)21-8-12-24(13-9-21)38(42)43/h4-18H,3H2,1-2H3,(H,36,39)(H,37,40)/b35-18-. The number of aryl methyl sites for hydroxylation is 1. The maximum Gasteiger partial charge on any atom is 0.355 e. The summed E-state index contributed by atoms with van der Waals surface area (Å²) in [6.07, 6.45) is 1.41. The zero-order valence-corrected chi connectivity index (χ0v) is 26.0. The molecule has 0 saturated carbocycles. The quantitative estimate of drug-likeness (QED) is 0.0523. The van der Waals surface area contributed by atoms with Gasteiger partial charge in [-0.05, 0) is 85.6 Å². The van der Waals surface area contributed by atoms with Crippen LogP contribution in [0.2, 0.25) is 5.02 Å². The predicted molar refractivity (Wildman–Crippen MR) is 177 cm³/mol. The molecule has 2 amide bonds. The monoisotopic (exact) mass is 656 g/mol. The number of hydrogen-bond acceptors (Lipinski definition) is 9. The van der Waals surface area contributed by atoms with Crippen molar-refractivity contribution in [2.75, 3.05) is 11.9 Å². The molecule has 0 radical (unpaired) electrons. The molecule has 13 heteroatoms. The zero-order chi connectivity index (χ0) is 32.8. The van der Waals surface area contributed by atoms with Gasteiger partial charge in [0.2, 0.25) is 0 Å². The van der Waals surface area contributed by atoms with Crippen LogP contribution in [0.1, 0.15) is 48.4 Å². The summed E-state index contributed by atoms with van der Waals surface area (Å²) < 4.78 is 12.2. The smallest absolute Gasteiger partial charge is 0.355 e. The van der Waals surface area contributed by atoms with Crippen molar-refractivity contribution in [1.29, 1.82) is 0 Å². The van der Waals surface area contributed by atoms with Crippen molar-refractivity contribution in [2.45, 2.75) is 13.8 Å². The molecule has 5 aromatic rings. The van der Waals surface area contributed by atoms with E-state index in [1.807, 2.05) is 25.1 Å². The number of non-ortho nitro benzene ring substituents is 1. The van der Waals surface area contributed by atoms with Crippen molar-refractivity contribution in [3.63, 3.8) is 0 Å². The van der Waals surface area contributed by atoms with Crippen LogP contribution in [-0.2, 0) is 0 Å². The number of anilines is 1. The fourth-order valence-electron chi connectivity index (χ4n) is 4.28. The Morgan fingerprint density at radius 3 is 2.33 bits per heavy atom. The number of halogens is 1. The van der Waals surface area contributed by atoms with E-state index in [9.17, 15) is 24.5 Å². The first-order valence-corrected chi connectivity index (χ1v) is 15.0. The van der Waals surface area contributed by atoms with E-state index in [1.54, 1.807) is 37.3 Å². The molecular weight excluding hydrogens is 632 g/mol. The Labute approximate surface area is 271 Å². The molecule has 0 aliphatic rings. The van der Waals surface area contributed by atoms with Crippen LogP contribution in [0.4, 0.5) is 11.4 Å². The summed E-state index contributed by atoms with van der Waals surface area (Å²) in [7, 11) is 0. The fraction of sp³-hybridized carbons (Fsp3) is 0.0909. The number of ether oxygens (including phenoxy) is 2. The number of thiophene rings is 1. The number of benzene rings is 4. The molecule has 11 nitrogen and oxygen atoms in total. The molecule has 46 heavy (non-hydrogen) atoms. The molecule has 232 valence electrons. The van der Waals surface area contributed by atoms with Crippen LogP contribution in [0.3, 0.4) is 0 Å². The number of hydrogen-bond donors (Lipinski definition) is 2. The summed E-state index contributed by atoms with van der Waals surface area (Å²) in [5, 5.41) is 18.6. The van der Waals surface area contributed by atoms with Crippen LogP contribution >= 0.6 is 22.9 Å². The highest BCUT2D eigenvalue weighted by Crippen LogP contribution is 2.37. The lowest BCUT2D eigenvalue weighted by Crippen LogP contribution is -2.18. The molecule has 0 aliphatic heterocycles. The van der Waals surface area contributed by atoms with Crippen molar-refractivity contribution in [1.82, 2.24) is 5.43 Å². The van der Waals surface area contributed by atoms with Gasteiger partial charge in [0, 0.05) is 39.0 Å². The van der Waals surface area contributed by atoms with Gasteiger partial charge in [0.05, 0.1) is 22.8 Å². The van der Waals surface area contributed by atoms with Gasteiger partial charge < -0.3 is 14.8 Å². The van der Waals surface area contributed by atoms with E-state index in [-0.39, 0.29) is 27.4 Å². The summed E-state index contributed by atoms with van der Waals surface area (Å²) in [6.45, 7) is 4.07. The molecular formula is C33H25ClN4O7S. The van der Waals surface area contributed by atoms with E-state index >= 15 is 0 Å². The van der Waals surface area contributed by atoms with Crippen LogP contribution in [0.15, 0.2) is 90.0 Å². The lowest BCUT2D eigenvalue weighted by atomic mass is 10.1. The van der Waals surface area contributed by atoms with Crippen molar-refractivity contribution >= 4 is 68.4 Å². The molecule has 4 aromatic carbocycles. The van der Waals surface area contributed by atoms with E-state index in [0.717, 1.165) is 15.6 Å². The summed E-state index contributed by atoms with van der Waals surface area (Å²) in [6, 6.07) is 21.9. The molecule has 0 unspecified atom stereocenters. The van der Waals surface area contributed by atoms with Gasteiger partial charge in [-0.3, -0.25) is 19.7 Å². The number of nitro benzene ring substituents is 1. The number of nitrogens with zero attached hydrogens (tertiary/aromatic N) is 2. The van der Waals surface area contributed by atoms with Gasteiger partial charge in [-0.1, -0.05) is 23.7 Å². The van der Waals surface area contributed by atoms with Gasteiger partial charge in [0.25, 0.3) is 17.5 Å². The van der Waals surface area contributed by atoms with Gasteiger partial charge in [0.1, 0.15) is 4.88 Å². The van der Waals surface area contributed by atoms with Gasteiger partial charge >= 0.3 is 5.97 Å². The first-order chi connectivity index (χ1) is 22.1. The number of nitro groups is 1. The number of esters is 1. The second-order valence-electron chi connectivity index (χ2n) is 9.81. The lowest BCUT2D eigenvalue weighted by molar-refractivity contribution is -0.384. The van der Waals surface area contributed by atoms with E-state index in [0.29, 0.717) is 28.6 Å². The molecule has 5 rings (SSSR count). The SMILES string of the molecule is CCOc1cc(/C=N\NC(=O)c2ccc(NC(=O)c3ccc([N+](=O)[O-])cc3)cc2)ccc1OC(=O)c1sc2cc(C)ccc2c1Cl. The number of fused-ring (bicyclic) bond motifs is 1. The maximum atomic E-state index is 13.0. The molecule has 0 fully saturated rings. The topological polar surface area (TPSA) is 149 Å². The maximum absolute atomic E-state index is 13.0. The zero-order valence-electron chi connectivity index (χ0n) is 24.4. The molecule has 0 spiro atoms. The van der Waals surface area contributed by atoms with E-state index in [2.05, 4.69) is 15.8 Å². The minimum Gasteiger partial charge on any atom is -0.490 e. The first kappa shape index (κ1) is 31.8. The second-order valence-corrected chi connectivity index (χ2v) is 11.2. The summed E-state index contributed by atoms with van der Waals surface area (Å²) in [4.78, 5) is 48.6. The third kappa shape index (κ3) is 7.37. The van der Waals surface area contributed by atoms with Crippen LogP contribution in [0.25, 0.3) is 10.1 Å². The van der Waals surface area contributed by atoms with E-state index < -0.39 is 22.7 Å². The Kier molecular flexibility index (Phi) is 9.70. The molecule has 0 saturated heterocycles. The summed E-state index contributed by atoms with van der Waals surface area (Å²) in [5.41, 5.74) is 4.91. The minimum absolute atomic E-state index is 0.119. The van der Waals surface area contributed by atoms with Crippen LogP contribution in [0.5, 0.6) is 11.5 Å². The number of rotatable bonds is 10. The lowest BCUT2D eigenvalue weighted by Gasteiger charge is -2.11. The largest absolute Gasteiger partial charge is 0.490 e. The fourth-order valence-corrected chi connectivity index (χ4v) is 5.76. The summed E-state index contributed by atoms with van der Waals surface area (Å²) in [5.74, 6) is -1.03. The van der Waals surface area contributed by atoms with Crippen molar-refractivity contribution in [3.05, 3.63) is 127 Å². The van der Waals surface area contributed by atoms with Gasteiger partial charge in [-0.15, -0.1) is 11.3 Å². The third-order valence-electron chi connectivity index (χ3n) is 6.57. The first-order valence-electron chi connectivity index (χ1n) is 13.8. The Bertz CT molecular complexity index is 1990. The number of carbonyl (C=O) groups is 3. The number of hydrazone groups is 1. The Morgan fingerprint density at radius 2 is 1.63 bits per heavy atom. The molecule has 0 aliphatic carbocycles. The van der Waals surface area contributed by atoms with Gasteiger partial charge in [0.15, 0.2) is 11.5 Å². The van der Waals surface area contributed by atoms with Crippen molar-refractivity contribution in [2.24, 2.45) is 5.10 Å². The van der Waals surface area contributed by atoms with E-state index in [4.69, 9.17) is 21.1 Å². The molecule has 0 bridgehead atoms. The molecule has 1 heterocycles. The van der Waals surface area contributed by atoms with Crippen LogP contribution < -0.4 is 20.2 Å². The Balaban J connectivity index is 1.20. The number of amides is 2. The third-order valence-corrected chi connectivity index (χ3v) is 8.20. The predicted octanol–water partition coefficient (Wildman–Crippen LogP) is 7.41. The van der Waals surface area contributed by atoms with Gasteiger partial charge in [-0.2, -0.15) is 5.10 Å². The second kappa shape index (κ2) is 14.0. The number of nitrogens with one attached hydrogen (secondary N) is 2. The minimum atomic E-state index is -0.601.